The van der Waals surface area contributed by atoms with Crippen LogP contribution in [0.25, 0.3) is 0 Å². The Morgan fingerprint density at radius 3 is 2.76 bits per heavy atom. The van der Waals surface area contributed by atoms with Crippen molar-refractivity contribution >= 4 is 18.0 Å². The largest absolute Gasteiger partial charge is 0.342 e. The number of carbonyl (C=O) groups is 2. The lowest BCUT2D eigenvalue weighted by atomic mass is 9.79. The van der Waals surface area contributed by atoms with Crippen LogP contribution in [0.2, 0.25) is 0 Å². The maximum Gasteiger partial charge on any atom is 0.244 e. The highest BCUT2D eigenvalue weighted by molar-refractivity contribution is 5.92. The minimum atomic E-state index is -0.318. The molecule has 8 heteroatoms. The minimum Gasteiger partial charge on any atom is -0.342 e. The Morgan fingerprint density at radius 2 is 2.00 bits per heavy atom. The fraction of sp³-hybridized carbons (Fsp3) is 0.808. The van der Waals surface area contributed by atoms with Gasteiger partial charge in [0, 0.05) is 50.3 Å². The summed E-state index contributed by atoms with van der Waals surface area (Å²) in [6.07, 6.45) is 13.1. The van der Waals surface area contributed by atoms with Gasteiger partial charge in [-0.05, 0) is 75.7 Å². The van der Waals surface area contributed by atoms with Crippen LogP contribution in [0.1, 0.15) is 64.2 Å². The second-order valence-electron chi connectivity index (χ2n) is 11.9. The molecule has 4 aliphatic heterocycles. The number of hydrogen-bond acceptors (Lipinski definition) is 6. The number of nitrogens with one attached hydrogen (secondary N) is 3. The monoisotopic (exact) mass is 466 g/mol. The van der Waals surface area contributed by atoms with Crippen LogP contribution in [-0.2, 0) is 9.59 Å². The van der Waals surface area contributed by atoms with E-state index in [-0.39, 0.29) is 29.6 Å². The molecule has 3 N–H and O–H groups in total. The molecule has 0 bridgehead atoms. The van der Waals surface area contributed by atoms with E-state index >= 15 is 0 Å². The molecule has 0 aromatic heterocycles. The lowest BCUT2D eigenvalue weighted by Gasteiger charge is -2.35. The highest BCUT2D eigenvalue weighted by atomic mass is 16.2. The Morgan fingerprint density at radius 1 is 1.12 bits per heavy atom. The molecule has 0 radical (unpaired) electrons. The Kier molecular flexibility index (Phi) is 5.15. The van der Waals surface area contributed by atoms with Crippen LogP contribution >= 0.6 is 0 Å². The average molecular weight is 467 g/mol. The van der Waals surface area contributed by atoms with Crippen molar-refractivity contribution < 1.29 is 9.59 Å². The first-order chi connectivity index (χ1) is 16.6. The summed E-state index contributed by atoms with van der Waals surface area (Å²) in [4.78, 5) is 35.2. The van der Waals surface area contributed by atoms with Crippen LogP contribution in [0.4, 0.5) is 0 Å². The molecule has 3 aliphatic carbocycles. The summed E-state index contributed by atoms with van der Waals surface area (Å²) in [6, 6.07) is 0.641. The molecule has 0 aromatic rings. The third kappa shape index (κ3) is 3.64. The van der Waals surface area contributed by atoms with Gasteiger partial charge in [0.05, 0.1) is 11.6 Å². The summed E-state index contributed by atoms with van der Waals surface area (Å²) in [5, 5.41) is 3.73. The Balaban J connectivity index is 1.05. The molecule has 3 saturated heterocycles. The maximum absolute atomic E-state index is 13.4. The number of allylic oxidation sites excluding steroid dienone is 1. The van der Waals surface area contributed by atoms with E-state index < -0.39 is 0 Å². The summed E-state index contributed by atoms with van der Waals surface area (Å²) < 4.78 is 0. The molecular weight excluding hydrogens is 428 g/mol. The van der Waals surface area contributed by atoms with Crippen LogP contribution in [0.5, 0.6) is 0 Å². The highest BCUT2D eigenvalue weighted by Gasteiger charge is 2.60. The van der Waals surface area contributed by atoms with Gasteiger partial charge in [-0.25, -0.2) is 0 Å². The normalized spacial score (nSPS) is 38.8. The van der Waals surface area contributed by atoms with Crippen molar-refractivity contribution in [1.82, 2.24) is 26.0 Å². The third-order valence-electron chi connectivity index (χ3n) is 9.53. The molecule has 7 rings (SSSR count). The first kappa shape index (κ1) is 21.5. The molecule has 4 heterocycles. The SMILES string of the molecule is O=C(C1CC1)N1CC[C@@H](CN2C(=O)C3(CC3)NC2C2CCC(C3=C4CNNC4CCC3)C=N2)C1. The van der Waals surface area contributed by atoms with E-state index in [2.05, 4.69) is 32.2 Å². The standard InChI is InChI=1S/C26H38N6O2/c33-24(17-4-5-17)31-11-8-16(14-31)15-32-23(29-26(9-10-26)25(32)34)22-7-6-18(12-27-22)19-2-1-3-21-20(19)13-28-30-21/h12,16-18,21-23,28-30H,1-11,13-15H2/t16-,18?,21?,22?,23?/m1/s1. The van der Waals surface area contributed by atoms with Crippen molar-refractivity contribution in [2.24, 2.45) is 22.7 Å². The number of rotatable bonds is 5. The number of likely N-dealkylation sites (tertiary alicyclic amines) is 1. The van der Waals surface area contributed by atoms with Gasteiger partial charge in [-0.3, -0.25) is 30.7 Å². The number of aliphatic imine (C=N–C) groups is 1. The number of hydrazine groups is 1. The summed E-state index contributed by atoms with van der Waals surface area (Å²) in [5.41, 5.74) is 9.62. The van der Waals surface area contributed by atoms with Gasteiger partial charge >= 0.3 is 0 Å². The fourth-order valence-corrected chi connectivity index (χ4v) is 7.22. The molecule has 5 fully saturated rings. The number of hydrogen-bond donors (Lipinski definition) is 3. The maximum atomic E-state index is 13.4. The highest BCUT2D eigenvalue weighted by Crippen LogP contribution is 2.45. The smallest absolute Gasteiger partial charge is 0.244 e. The Labute approximate surface area is 201 Å². The summed E-state index contributed by atoms with van der Waals surface area (Å²) in [5.74, 6) is 1.75. The van der Waals surface area contributed by atoms with Crippen LogP contribution in [0.15, 0.2) is 16.1 Å². The molecule has 2 amide bonds. The topological polar surface area (TPSA) is 89.1 Å². The molecule has 34 heavy (non-hydrogen) atoms. The van der Waals surface area contributed by atoms with E-state index in [9.17, 15) is 9.59 Å². The second kappa shape index (κ2) is 8.14. The summed E-state index contributed by atoms with van der Waals surface area (Å²) in [7, 11) is 0. The van der Waals surface area contributed by atoms with Crippen molar-refractivity contribution in [3.05, 3.63) is 11.1 Å². The quantitative estimate of drug-likeness (QED) is 0.532. The number of fused-ring (bicyclic) bond motifs is 1. The van der Waals surface area contributed by atoms with Gasteiger partial charge < -0.3 is 9.80 Å². The van der Waals surface area contributed by atoms with Gasteiger partial charge in [-0.1, -0.05) is 5.57 Å². The van der Waals surface area contributed by atoms with E-state index in [1.54, 1.807) is 11.1 Å². The summed E-state index contributed by atoms with van der Waals surface area (Å²) in [6.45, 7) is 3.40. The third-order valence-corrected chi connectivity index (χ3v) is 9.53. The van der Waals surface area contributed by atoms with Crippen molar-refractivity contribution in [3.8, 4) is 0 Å². The van der Waals surface area contributed by atoms with Crippen LogP contribution in [0, 0.1) is 17.8 Å². The molecule has 8 nitrogen and oxygen atoms in total. The molecule has 5 atom stereocenters. The zero-order chi connectivity index (χ0) is 22.9. The van der Waals surface area contributed by atoms with Crippen LogP contribution in [0.3, 0.4) is 0 Å². The molecule has 1 spiro atoms. The van der Waals surface area contributed by atoms with Gasteiger partial charge in [-0.15, -0.1) is 0 Å². The Hall–Kier alpha value is -1.77. The predicted octanol–water partition coefficient (Wildman–Crippen LogP) is 1.34. The van der Waals surface area contributed by atoms with Crippen LogP contribution in [-0.4, -0.2) is 77.8 Å². The zero-order valence-electron chi connectivity index (χ0n) is 20.1. The van der Waals surface area contributed by atoms with E-state index in [1.807, 2.05) is 0 Å². The van der Waals surface area contributed by atoms with Gasteiger partial charge in [-0.2, -0.15) is 0 Å². The van der Waals surface area contributed by atoms with Gasteiger partial charge in [0.2, 0.25) is 11.8 Å². The van der Waals surface area contributed by atoms with E-state index in [4.69, 9.17) is 4.99 Å². The molecule has 7 aliphatic rings. The average Bonchev–Trinajstić information content (AvgIpc) is 3.74. The van der Waals surface area contributed by atoms with E-state index in [0.717, 1.165) is 71.1 Å². The summed E-state index contributed by atoms with van der Waals surface area (Å²) >= 11 is 0. The molecule has 184 valence electrons. The number of nitrogens with zero attached hydrogens (tertiary/aromatic N) is 3. The van der Waals surface area contributed by atoms with Crippen molar-refractivity contribution in [1.29, 1.82) is 0 Å². The second-order valence-corrected chi connectivity index (χ2v) is 11.9. The van der Waals surface area contributed by atoms with E-state index in [1.165, 1.54) is 19.3 Å². The van der Waals surface area contributed by atoms with Crippen LogP contribution < -0.4 is 16.2 Å². The van der Waals surface area contributed by atoms with Gasteiger partial charge in [0.1, 0.15) is 6.17 Å². The number of carbonyl (C=O) groups excluding carboxylic acids is 2. The molecule has 4 unspecified atom stereocenters. The minimum absolute atomic E-state index is 0.00644. The zero-order valence-corrected chi connectivity index (χ0v) is 20.1. The van der Waals surface area contributed by atoms with Crippen molar-refractivity contribution in [3.63, 3.8) is 0 Å². The molecular formula is C26H38N6O2. The lowest BCUT2D eigenvalue weighted by Crippen LogP contribution is -2.49. The van der Waals surface area contributed by atoms with Crippen molar-refractivity contribution in [2.45, 2.75) is 88.0 Å². The molecule has 0 aromatic carbocycles. The van der Waals surface area contributed by atoms with Crippen molar-refractivity contribution in [2.75, 3.05) is 26.2 Å². The lowest BCUT2D eigenvalue weighted by molar-refractivity contribution is -0.131. The predicted molar refractivity (Wildman–Crippen MR) is 129 cm³/mol. The number of amides is 2. The van der Waals surface area contributed by atoms with E-state index in [0.29, 0.717) is 23.8 Å². The molecule has 2 saturated carbocycles. The first-order valence-corrected chi connectivity index (χ1v) is 13.7. The fourth-order valence-electron chi connectivity index (χ4n) is 7.22. The first-order valence-electron chi connectivity index (χ1n) is 13.7. The Bertz CT molecular complexity index is 938. The van der Waals surface area contributed by atoms with Gasteiger partial charge in [0.15, 0.2) is 0 Å². The van der Waals surface area contributed by atoms with Gasteiger partial charge in [0.25, 0.3) is 0 Å².